The predicted octanol–water partition coefficient (Wildman–Crippen LogP) is 4.35. The van der Waals surface area contributed by atoms with Gasteiger partial charge in [0, 0.05) is 24.7 Å². The summed E-state index contributed by atoms with van der Waals surface area (Å²) in [5.74, 6) is 0.736. The number of benzene rings is 2. The third kappa shape index (κ3) is 4.87. The molecule has 1 saturated heterocycles. The van der Waals surface area contributed by atoms with Crippen molar-refractivity contribution >= 4 is 16.7 Å². The number of rotatable bonds is 4. The van der Waals surface area contributed by atoms with Crippen LogP contribution in [0.25, 0.3) is 27.8 Å². The number of alkyl halides is 3. The van der Waals surface area contributed by atoms with Gasteiger partial charge in [-0.05, 0) is 37.6 Å². The van der Waals surface area contributed by atoms with Gasteiger partial charge in [0.25, 0.3) is 5.56 Å². The fourth-order valence-electron chi connectivity index (χ4n) is 4.39. The molecule has 4 aromatic rings. The first-order valence-electron chi connectivity index (χ1n) is 11.3. The van der Waals surface area contributed by atoms with E-state index >= 15 is 0 Å². The summed E-state index contributed by atoms with van der Waals surface area (Å²) in [6.45, 7) is 5.33. The van der Waals surface area contributed by atoms with E-state index in [1.54, 1.807) is 24.3 Å². The molecule has 2 aromatic carbocycles. The summed E-state index contributed by atoms with van der Waals surface area (Å²) < 4.78 is 48.5. The van der Waals surface area contributed by atoms with E-state index in [2.05, 4.69) is 24.6 Å². The summed E-state index contributed by atoms with van der Waals surface area (Å²) in [7, 11) is 0. The van der Waals surface area contributed by atoms with E-state index in [9.17, 15) is 18.0 Å². The molecule has 2 aromatic heterocycles. The molecule has 0 unspecified atom stereocenters. The van der Waals surface area contributed by atoms with E-state index in [0.29, 0.717) is 46.8 Å². The summed E-state index contributed by atoms with van der Waals surface area (Å²) in [6.07, 6.45) is -1.87. The lowest BCUT2D eigenvalue weighted by Gasteiger charge is -2.36. The summed E-state index contributed by atoms with van der Waals surface area (Å²) in [6, 6.07) is 12.3. The molecule has 1 fully saturated rings. The zero-order valence-corrected chi connectivity index (χ0v) is 19.4. The fourth-order valence-corrected chi connectivity index (χ4v) is 4.39. The first kappa shape index (κ1) is 23.7. The van der Waals surface area contributed by atoms with E-state index in [4.69, 9.17) is 4.74 Å². The maximum atomic E-state index is 13.4. The average molecular weight is 497 g/mol. The van der Waals surface area contributed by atoms with Crippen LogP contribution in [0.1, 0.15) is 13.8 Å². The number of morpholine rings is 1. The Balaban J connectivity index is 1.50. The summed E-state index contributed by atoms with van der Waals surface area (Å²) >= 11 is 0. The Morgan fingerprint density at radius 1 is 0.972 bits per heavy atom. The second kappa shape index (κ2) is 9.23. The highest BCUT2D eigenvalue weighted by Crippen LogP contribution is 2.29. The average Bonchev–Trinajstić information content (AvgIpc) is 2.83. The van der Waals surface area contributed by atoms with Gasteiger partial charge in [-0.2, -0.15) is 0 Å². The SMILES string of the molecule is C[C@@H]1CN(c2cc(-n3cnc4c(-c5ccc(OC(F)(F)F)cc5)cccc4c3=O)ncn2)C[C@H](C)O1. The van der Waals surface area contributed by atoms with Crippen LogP contribution in [0.3, 0.4) is 0 Å². The van der Waals surface area contributed by atoms with E-state index in [-0.39, 0.29) is 23.5 Å². The molecule has 0 bridgehead atoms. The molecular weight excluding hydrogens is 475 g/mol. The van der Waals surface area contributed by atoms with Crippen LogP contribution in [0.15, 0.2) is 66.0 Å². The summed E-state index contributed by atoms with van der Waals surface area (Å²) in [4.78, 5) is 28.6. The molecule has 0 radical (unpaired) electrons. The van der Waals surface area contributed by atoms with Crippen molar-refractivity contribution in [3.8, 4) is 22.7 Å². The lowest BCUT2D eigenvalue weighted by Crippen LogP contribution is -2.45. The largest absolute Gasteiger partial charge is 0.573 e. The van der Waals surface area contributed by atoms with E-state index in [0.717, 1.165) is 0 Å². The normalized spacial score (nSPS) is 18.4. The van der Waals surface area contributed by atoms with E-state index in [1.807, 2.05) is 13.8 Å². The second-order valence-electron chi connectivity index (χ2n) is 8.59. The Kier molecular flexibility index (Phi) is 6.09. The van der Waals surface area contributed by atoms with Crippen LogP contribution in [0.4, 0.5) is 19.0 Å². The number of nitrogens with zero attached hydrogens (tertiary/aromatic N) is 5. The molecule has 1 aliphatic heterocycles. The number of halogens is 3. The third-order valence-corrected chi connectivity index (χ3v) is 5.82. The fraction of sp³-hybridized carbons (Fsp3) is 0.280. The van der Waals surface area contributed by atoms with E-state index < -0.39 is 6.36 Å². The highest BCUT2D eigenvalue weighted by Gasteiger charge is 2.31. The molecule has 0 saturated carbocycles. The van der Waals surface area contributed by atoms with Gasteiger partial charge in [0.05, 0.1) is 23.1 Å². The summed E-state index contributed by atoms with van der Waals surface area (Å²) in [5, 5.41) is 0.347. The van der Waals surface area contributed by atoms with Crippen molar-refractivity contribution in [2.75, 3.05) is 18.0 Å². The van der Waals surface area contributed by atoms with E-state index in [1.165, 1.54) is 41.5 Å². The number of anilines is 1. The lowest BCUT2D eigenvalue weighted by molar-refractivity contribution is -0.274. The molecule has 0 aliphatic carbocycles. The summed E-state index contributed by atoms with van der Waals surface area (Å²) in [5.41, 5.74) is 1.30. The van der Waals surface area contributed by atoms with Gasteiger partial charge in [-0.15, -0.1) is 13.2 Å². The van der Waals surface area contributed by atoms with Gasteiger partial charge in [0.2, 0.25) is 0 Å². The molecular formula is C25H22F3N5O3. The molecule has 1 aliphatic rings. The Bertz CT molecular complexity index is 1450. The highest BCUT2D eigenvalue weighted by atomic mass is 19.4. The third-order valence-electron chi connectivity index (χ3n) is 5.82. The predicted molar refractivity (Wildman–Crippen MR) is 127 cm³/mol. The van der Waals surface area contributed by atoms with Gasteiger partial charge in [0.1, 0.15) is 30.0 Å². The van der Waals surface area contributed by atoms with Crippen molar-refractivity contribution < 1.29 is 22.6 Å². The van der Waals surface area contributed by atoms with Crippen LogP contribution < -0.4 is 15.2 Å². The Hall–Kier alpha value is -3.99. The van der Waals surface area contributed by atoms with Crippen molar-refractivity contribution in [3.63, 3.8) is 0 Å². The standard InChI is InChI=1S/C25H22F3N5O3/c1-15-11-32(12-16(2)35-15)21-10-22(30-13-29-21)33-14-31-23-19(4-3-5-20(23)24(33)34)17-6-8-18(9-7-17)36-25(26,27)28/h3-10,13-16H,11-12H2,1-2H3/t15-,16+. The number of hydrogen-bond acceptors (Lipinski definition) is 7. The highest BCUT2D eigenvalue weighted by molar-refractivity contribution is 5.93. The number of aromatic nitrogens is 4. The Labute approximate surface area is 204 Å². The minimum atomic E-state index is -4.77. The number of fused-ring (bicyclic) bond motifs is 1. The van der Waals surface area contributed by atoms with Crippen molar-refractivity contribution in [1.82, 2.24) is 19.5 Å². The van der Waals surface area contributed by atoms with Gasteiger partial charge in [-0.25, -0.2) is 15.0 Å². The first-order valence-corrected chi connectivity index (χ1v) is 11.3. The van der Waals surface area contributed by atoms with Crippen LogP contribution in [0, 0.1) is 0 Å². The minimum Gasteiger partial charge on any atom is -0.406 e. The Morgan fingerprint density at radius 3 is 2.36 bits per heavy atom. The molecule has 0 N–H and O–H groups in total. The van der Waals surface area contributed by atoms with Crippen LogP contribution in [0.5, 0.6) is 5.75 Å². The van der Waals surface area contributed by atoms with Crippen LogP contribution >= 0.6 is 0 Å². The number of ether oxygens (including phenoxy) is 2. The Morgan fingerprint density at radius 2 is 1.67 bits per heavy atom. The molecule has 8 nitrogen and oxygen atoms in total. The topological polar surface area (TPSA) is 82.4 Å². The minimum absolute atomic E-state index is 0.0461. The van der Waals surface area contributed by atoms with Gasteiger partial charge in [-0.1, -0.05) is 24.3 Å². The van der Waals surface area contributed by atoms with Crippen LogP contribution in [0.2, 0.25) is 0 Å². The van der Waals surface area contributed by atoms with Crippen LogP contribution in [-0.2, 0) is 4.74 Å². The monoisotopic (exact) mass is 497 g/mol. The van der Waals surface area contributed by atoms with Crippen molar-refractivity contribution in [1.29, 1.82) is 0 Å². The van der Waals surface area contributed by atoms with Gasteiger partial charge >= 0.3 is 6.36 Å². The molecule has 2 atom stereocenters. The quantitative estimate of drug-likeness (QED) is 0.415. The smallest absolute Gasteiger partial charge is 0.406 e. The molecule has 36 heavy (non-hydrogen) atoms. The molecule has 11 heteroatoms. The maximum absolute atomic E-state index is 13.4. The molecule has 0 amide bonds. The molecule has 186 valence electrons. The molecule has 0 spiro atoms. The lowest BCUT2D eigenvalue weighted by atomic mass is 10.0. The maximum Gasteiger partial charge on any atom is 0.573 e. The number of para-hydroxylation sites is 1. The van der Waals surface area contributed by atoms with Gasteiger partial charge < -0.3 is 14.4 Å². The molecule has 3 heterocycles. The van der Waals surface area contributed by atoms with Crippen LogP contribution in [-0.4, -0.2) is 51.2 Å². The van der Waals surface area contributed by atoms with Crippen molar-refractivity contribution in [2.24, 2.45) is 0 Å². The first-order chi connectivity index (χ1) is 17.2. The van der Waals surface area contributed by atoms with Crippen molar-refractivity contribution in [3.05, 3.63) is 71.5 Å². The van der Waals surface area contributed by atoms with Gasteiger partial charge in [-0.3, -0.25) is 9.36 Å². The zero-order chi connectivity index (χ0) is 25.4. The second-order valence-corrected chi connectivity index (χ2v) is 8.59. The van der Waals surface area contributed by atoms with Crippen molar-refractivity contribution in [2.45, 2.75) is 32.4 Å². The zero-order valence-electron chi connectivity index (χ0n) is 19.4. The van der Waals surface area contributed by atoms with Gasteiger partial charge in [0.15, 0.2) is 0 Å². The molecule has 5 rings (SSSR count). The number of hydrogen-bond donors (Lipinski definition) is 0.